The molecule has 0 unspecified atom stereocenters. The molecule has 1 saturated heterocycles. The maximum Gasteiger partial charge on any atom is 0.243 e. The number of amides is 3. The first-order valence-corrected chi connectivity index (χ1v) is 8.94. The van der Waals surface area contributed by atoms with E-state index in [1.165, 1.54) is 0 Å². The number of carbonyl (C=O) groups is 3. The third-order valence-corrected chi connectivity index (χ3v) is 5.56. The summed E-state index contributed by atoms with van der Waals surface area (Å²) in [5, 5.41) is 2.77. The van der Waals surface area contributed by atoms with Gasteiger partial charge in [-0.2, -0.15) is 0 Å². The van der Waals surface area contributed by atoms with Crippen molar-refractivity contribution in [2.24, 2.45) is 17.1 Å². The van der Waals surface area contributed by atoms with Crippen LogP contribution in [0.15, 0.2) is 0 Å². The number of nitrogens with zero attached hydrogens (tertiary/aromatic N) is 1. The van der Waals surface area contributed by atoms with E-state index in [1.807, 2.05) is 0 Å². The Morgan fingerprint density at radius 1 is 1.27 bits per heavy atom. The quantitative estimate of drug-likeness (QED) is 0.777. The summed E-state index contributed by atoms with van der Waals surface area (Å²) in [6.45, 7) is 3.58. The molecule has 2 aliphatic rings. The van der Waals surface area contributed by atoms with E-state index in [1.54, 1.807) is 30.5 Å². The molecule has 2 fully saturated rings. The maximum atomic E-state index is 12.5. The molecular weight excluding hydrogens is 302 g/mol. The van der Waals surface area contributed by atoms with E-state index in [4.69, 9.17) is 5.73 Å². The number of primary amides is 1. The third kappa shape index (κ3) is 3.74. The van der Waals surface area contributed by atoms with Crippen molar-refractivity contribution in [3.8, 4) is 0 Å². The van der Waals surface area contributed by atoms with Gasteiger partial charge < -0.3 is 16.0 Å². The predicted molar refractivity (Wildman–Crippen MR) is 85.9 cm³/mol. The lowest BCUT2D eigenvalue weighted by molar-refractivity contribution is -0.141. The molecule has 1 saturated carbocycles. The third-order valence-electron chi connectivity index (χ3n) is 4.54. The minimum Gasteiger partial charge on any atom is -0.369 e. The predicted octanol–water partition coefficient (Wildman–Crippen LogP) is 0.706. The maximum absolute atomic E-state index is 12.5. The van der Waals surface area contributed by atoms with Gasteiger partial charge in [0.25, 0.3) is 0 Å². The van der Waals surface area contributed by atoms with Gasteiger partial charge in [-0.15, -0.1) is 11.8 Å². The molecule has 124 valence electrons. The highest BCUT2D eigenvalue weighted by atomic mass is 32.2. The minimum atomic E-state index is -0.790. The highest BCUT2D eigenvalue weighted by Gasteiger charge is 2.38. The van der Waals surface area contributed by atoms with Crippen LogP contribution in [0.5, 0.6) is 0 Å². The average molecular weight is 327 g/mol. The summed E-state index contributed by atoms with van der Waals surface area (Å²) in [5.41, 5.74) is 4.52. The molecule has 0 spiro atoms. The standard InChI is InChI=1S/C15H25N3O3S/c1-15(2,14(16)21)8-17-12(19)11-7-22-9-18(11)13(20)10-5-3-4-6-10/h10-11H,3-9H2,1-2H3,(H2,16,21)(H,17,19)/t11-/m1/s1. The molecule has 1 aliphatic heterocycles. The van der Waals surface area contributed by atoms with Crippen molar-refractivity contribution >= 4 is 29.5 Å². The summed E-state index contributed by atoms with van der Waals surface area (Å²) in [6.07, 6.45) is 4.06. The van der Waals surface area contributed by atoms with Crippen LogP contribution in [0.4, 0.5) is 0 Å². The molecule has 0 aromatic heterocycles. The van der Waals surface area contributed by atoms with Gasteiger partial charge in [0.15, 0.2) is 0 Å². The van der Waals surface area contributed by atoms with Crippen LogP contribution >= 0.6 is 11.8 Å². The number of hydrogen-bond acceptors (Lipinski definition) is 4. The summed E-state index contributed by atoms with van der Waals surface area (Å²) in [5.74, 6) is 0.736. The molecule has 2 rings (SSSR count). The van der Waals surface area contributed by atoms with Gasteiger partial charge in [-0.1, -0.05) is 12.8 Å². The molecule has 3 N–H and O–H groups in total. The molecule has 0 aromatic carbocycles. The first-order valence-electron chi connectivity index (χ1n) is 7.79. The zero-order valence-corrected chi connectivity index (χ0v) is 14.1. The number of hydrogen-bond donors (Lipinski definition) is 2. The Morgan fingerprint density at radius 3 is 2.50 bits per heavy atom. The molecule has 3 amide bonds. The van der Waals surface area contributed by atoms with Crippen molar-refractivity contribution in [2.45, 2.75) is 45.6 Å². The van der Waals surface area contributed by atoms with Crippen molar-refractivity contribution in [1.29, 1.82) is 0 Å². The molecule has 7 heteroatoms. The smallest absolute Gasteiger partial charge is 0.243 e. The van der Waals surface area contributed by atoms with E-state index < -0.39 is 17.4 Å². The van der Waals surface area contributed by atoms with Crippen molar-refractivity contribution in [2.75, 3.05) is 18.2 Å². The molecule has 1 aliphatic carbocycles. The Bertz CT molecular complexity index is 461. The molecule has 22 heavy (non-hydrogen) atoms. The second-order valence-electron chi connectivity index (χ2n) is 6.77. The summed E-state index contributed by atoms with van der Waals surface area (Å²) >= 11 is 1.60. The van der Waals surface area contributed by atoms with Gasteiger partial charge in [0.05, 0.1) is 11.3 Å². The van der Waals surface area contributed by atoms with E-state index in [2.05, 4.69) is 5.32 Å². The van der Waals surface area contributed by atoms with Crippen LogP contribution in [0.2, 0.25) is 0 Å². The summed E-state index contributed by atoms with van der Waals surface area (Å²) in [4.78, 5) is 37.9. The average Bonchev–Trinajstić information content (AvgIpc) is 3.14. The van der Waals surface area contributed by atoms with Gasteiger partial charge in [-0.25, -0.2) is 0 Å². The lowest BCUT2D eigenvalue weighted by Crippen LogP contribution is -2.51. The van der Waals surface area contributed by atoms with Crippen molar-refractivity contribution < 1.29 is 14.4 Å². The topological polar surface area (TPSA) is 92.5 Å². The van der Waals surface area contributed by atoms with Crippen LogP contribution in [-0.4, -0.2) is 46.8 Å². The molecular formula is C15H25N3O3S. The van der Waals surface area contributed by atoms with E-state index in [0.29, 0.717) is 11.6 Å². The molecule has 0 aromatic rings. The molecule has 0 bridgehead atoms. The van der Waals surface area contributed by atoms with Crippen LogP contribution < -0.4 is 11.1 Å². The Labute approximate surface area is 135 Å². The SMILES string of the molecule is CC(C)(CNC(=O)[C@H]1CSCN1C(=O)C1CCCC1)C(N)=O. The molecule has 1 atom stereocenters. The largest absolute Gasteiger partial charge is 0.369 e. The van der Waals surface area contributed by atoms with Crippen molar-refractivity contribution in [1.82, 2.24) is 10.2 Å². The number of carbonyl (C=O) groups excluding carboxylic acids is 3. The second kappa shape index (κ2) is 6.89. The Morgan fingerprint density at radius 2 is 1.91 bits per heavy atom. The van der Waals surface area contributed by atoms with E-state index in [0.717, 1.165) is 25.7 Å². The highest BCUT2D eigenvalue weighted by molar-refractivity contribution is 7.99. The fourth-order valence-electron chi connectivity index (χ4n) is 2.80. The number of nitrogens with one attached hydrogen (secondary N) is 1. The van der Waals surface area contributed by atoms with E-state index in [9.17, 15) is 14.4 Å². The number of nitrogens with two attached hydrogens (primary N) is 1. The lowest BCUT2D eigenvalue weighted by atomic mass is 9.92. The Kier molecular flexibility index (Phi) is 5.36. The first-order chi connectivity index (χ1) is 10.3. The Balaban J connectivity index is 1.93. The molecule has 1 heterocycles. The van der Waals surface area contributed by atoms with Crippen LogP contribution in [0.25, 0.3) is 0 Å². The zero-order valence-electron chi connectivity index (χ0n) is 13.3. The van der Waals surface area contributed by atoms with Gasteiger partial charge in [-0.3, -0.25) is 14.4 Å². The van der Waals surface area contributed by atoms with Crippen LogP contribution in [0.1, 0.15) is 39.5 Å². The van der Waals surface area contributed by atoms with E-state index in [-0.39, 0.29) is 24.3 Å². The highest BCUT2D eigenvalue weighted by Crippen LogP contribution is 2.30. The van der Waals surface area contributed by atoms with Gasteiger partial charge in [0, 0.05) is 18.2 Å². The van der Waals surface area contributed by atoms with Crippen LogP contribution in [-0.2, 0) is 14.4 Å². The van der Waals surface area contributed by atoms with E-state index >= 15 is 0 Å². The van der Waals surface area contributed by atoms with Crippen molar-refractivity contribution in [3.63, 3.8) is 0 Å². The second-order valence-corrected chi connectivity index (χ2v) is 7.77. The fourth-order valence-corrected chi connectivity index (χ4v) is 3.96. The summed E-state index contributed by atoms with van der Waals surface area (Å²) < 4.78 is 0. The van der Waals surface area contributed by atoms with Gasteiger partial charge >= 0.3 is 0 Å². The zero-order chi connectivity index (χ0) is 16.3. The minimum absolute atomic E-state index is 0.0797. The van der Waals surface area contributed by atoms with Gasteiger partial charge in [0.2, 0.25) is 17.7 Å². The summed E-state index contributed by atoms with van der Waals surface area (Å²) in [7, 11) is 0. The number of thioether (sulfide) groups is 1. The van der Waals surface area contributed by atoms with Crippen LogP contribution in [0, 0.1) is 11.3 Å². The van der Waals surface area contributed by atoms with Gasteiger partial charge in [0.1, 0.15) is 6.04 Å². The Hall–Kier alpha value is -1.24. The fraction of sp³-hybridized carbons (Fsp3) is 0.800. The van der Waals surface area contributed by atoms with Gasteiger partial charge in [-0.05, 0) is 26.7 Å². The first kappa shape index (κ1) is 17.1. The summed E-state index contributed by atoms with van der Waals surface area (Å²) in [6, 6.07) is -0.429. The lowest BCUT2D eigenvalue weighted by Gasteiger charge is -2.27. The monoisotopic (exact) mass is 327 g/mol. The molecule has 6 nitrogen and oxygen atoms in total. The number of rotatable bonds is 5. The normalized spacial score (nSPS) is 22.8. The molecule has 0 radical (unpaired) electrons. The van der Waals surface area contributed by atoms with Crippen molar-refractivity contribution in [3.05, 3.63) is 0 Å². The van der Waals surface area contributed by atoms with Crippen LogP contribution in [0.3, 0.4) is 0 Å².